The summed E-state index contributed by atoms with van der Waals surface area (Å²) in [4.78, 5) is 23.2. The third-order valence-electron chi connectivity index (χ3n) is 2.27. The lowest BCUT2D eigenvalue weighted by atomic mass is 10.00. The Balaban J connectivity index is 2.99. The largest absolute Gasteiger partial charge is 0.461 e. The molecule has 0 amide bonds. The fourth-order valence-corrected chi connectivity index (χ4v) is 1.36. The van der Waals surface area contributed by atoms with E-state index < -0.39 is 23.3 Å². The molecule has 1 rings (SSSR count). The molecule has 0 unspecified atom stereocenters. The van der Waals surface area contributed by atoms with Gasteiger partial charge in [-0.1, -0.05) is 12.1 Å². The number of ether oxygens (including phenoxy) is 1. The lowest BCUT2D eigenvalue weighted by molar-refractivity contribution is -0.135. The normalized spacial score (nSPS) is 10.9. The number of Topliss-reactive ketones (excluding diaryl/α,β-unsaturated/α-hetero) is 1. The summed E-state index contributed by atoms with van der Waals surface area (Å²) >= 11 is 0. The van der Waals surface area contributed by atoms with Gasteiger partial charge >= 0.3 is 5.97 Å². The lowest BCUT2D eigenvalue weighted by Crippen LogP contribution is -2.26. The van der Waals surface area contributed by atoms with Gasteiger partial charge in [0.1, 0.15) is 5.82 Å². The van der Waals surface area contributed by atoms with E-state index in [0.717, 1.165) is 18.3 Å². The zero-order valence-corrected chi connectivity index (χ0v) is 10.3. The second-order valence-electron chi connectivity index (χ2n) is 3.51. The second-order valence-corrected chi connectivity index (χ2v) is 3.51. The van der Waals surface area contributed by atoms with Gasteiger partial charge in [0.15, 0.2) is 5.71 Å². The van der Waals surface area contributed by atoms with Crippen molar-refractivity contribution in [1.82, 2.24) is 0 Å². The zero-order valence-electron chi connectivity index (χ0n) is 10.3. The van der Waals surface area contributed by atoms with E-state index >= 15 is 0 Å². The summed E-state index contributed by atoms with van der Waals surface area (Å²) in [5.41, 5.74) is 4.78. The molecule has 0 spiro atoms. The molecule has 0 saturated carbocycles. The number of ketones is 1. The average molecular weight is 264 g/mol. The standard InChI is InChI=1S/C13H13FN2O3/c1-2-19-13(18)11(16)12(17)10(7-15)8-3-5-9(14)6-4-8/h3-7,16H,2,15H2,1H3/b10-7-,16-11?. The Morgan fingerprint density at radius 3 is 2.42 bits per heavy atom. The molecule has 0 fully saturated rings. The molecule has 0 bridgehead atoms. The van der Waals surface area contributed by atoms with Crippen molar-refractivity contribution in [2.24, 2.45) is 5.73 Å². The minimum Gasteiger partial charge on any atom is -0.461 e. The van der Waals surface area contributed by atoms with E-state index in [-0.39, 0.29) is 12.2 Å². The Labute approximate surface area is 109 Å². The van der Waals surface area contributed by atoms with Crippen molar-refractivity contribution in [2.75, 3.05) is 6.61 Å². The van der Waals surface area contributed by atoms with E-state index in [0.29, 0.717) is 5.56 Å². The quantitative estimate of drug-likeness (QED) is 0.362. The summed E-state index contributed by atoms with van der Waals surface area (Å²) in [5, 5.41) is 7.43. The van der Waals surface area contributed by atoms with Crippen LogP contribution in [-0.2, 0) is 14.3 Å². The molecule has 0 aromatic heterocycles. The summed E-state index contributed by atoms with van der Waals surface area (Å²) in [7, 11) is 0. The number of carbonyl (C=O) groups is 2. The molecule has 0 radical (unpaired) electrons. The van der Waals surface area contributed by atoms with Crippen molar-refractivity contribution >= 4 is 23.0 Å². The maximum Gasteiger partial charge on any atom is 0.360 e. The van der Waals surface area contributed by atoms with Crippen molar-refractivity contribution in [3.8, 4) is 0 Å². The number of hydrogen-bond acceptors (Lipinski definition) is 5. The predicted octanol–water partition coefficient (Wildman–Crippen LogP) is 1.28. The van der Waals surface area contributed by atoms with Gasteiger partial charge in [-0.05, 0) is 24.6 Å². The molecule has 1 aromatic carbocycles. The molecule has 0 atom stereocenters. The van der Waals surface area contributed by atoms with Crippen molar-refractivity contribution in [1.29, 1.82) is 5.41 Å². The number of rotatable bonds is 5. The van der Waals surface area contributed by atoms with Crippen LogP contribution in [0.3, 0.4) is 0 Å². The molecule has 19 heavy (non-hydrogen) atoms. The summed E-state index contributed by atoms with van der Waals surface area (Å²) in [6, 6.07) is 4.98. The van der Waals surface area contributed by atoms with Crippen LogP contribution in [0, 0.1) is 11.2 Å². The van der Waals surface area contributed by atoms with Crippen molar-refractivity contribution in [3.63, 3.8) is 0 Å². The Kier molecular flexibility index (Phi) is 4.93. The van der Waals surface area contributed by atoms with Gasteiger partial charge in [-0.15, -0.1) is 0 Å². The highest BCUT2D eigenvalue weighted by Crippen LogP contribution is 2.16. The highest BCUT2D eigenvalue weighted by Gasteiger charge is 2.23. The van der Waals surface area contributed by atoms with Gasteiger partial charge in [0.25, 0.3) is 0 Å². The van der Waals surface area contributed by atoms with Gasteiger partial charge < -0.3 is 10.5 Å². The minimum atomic E-state index is -1.02. The van der Waals surface area contributed by atoms with Crippen molar-refractivity contribution in [2.45, 2.75) is 6.92 Å². The smallest absolute Gasteiger partial charge is 0.360 e. The van der Waals surface area contributed by atoms with Gasteiger partial charge in [-0.3, -0.25) is 10.2 Å². The number of benzene rings is 1. The van der Waals surface area contributed by atoms with Crippen LogP contribution in [0.25, 0.3) is 5.57 Å². The average Bonchev–Trinajstić information content (AvgIpc) is 2.41. The Morgan fingerprint density at radius 2 is 1.95 bits per heavy atom. The summed E-state index contributed by atoms with van der Waals surface area (Å²) < 4.78 is 17.4. The molecule has 0 aliphatic rings. The number of allylic oxidation sites excluding steroid dienone is 1. The van der Waals surface area contributed by atoms with Crippen molar-refractivity contribution < 1.29 is 18.7 Å². The molecule has 5 nitrogen and oxygen atoms in total. The van der Waals surface area contributed by atoms with Crippen LogP contribution in [0.2, 0.25) is 0 Å². The maximum absolute atomic E-state index is 12.8. The second kappa shape index (κ2) is 6.44. The van der Waals surface area contributed by atoms with E-state index in [1.54, 1.807) is 6.92 Å². The van der Waals surface area contributed by atoms with Gasteiger partial charge in [0.05, 0.1) is 6.61 Å². The first kappa shape index (κ1) is 14.6. The molecule has 0 heterocycles. The molecule has 6 heteroatoms. The highest BCUT2D eigenvalue weighted by molar-refractivity contribution is 6.71. The van der Waals surface area contributed by atoms with Crippen LogP contribution in [0.1, 0.15) is 12.5 Å². The Bertz CT molecular complexity index is 535. The number of esters is 1. The molecule has 0 saturated heterocycles. The van der Waals surface area contributed by atoms with Crippen molar-refractivity contribution in [3.05, 3.63) is 41.8 Å². The number of hydrogen-bond donors (Lipinski definition) is 2. The van der Waals surface area contributed by atoms with E-state index in [4.69, 9.17) is 11.1 Å². The summed E-state index contributed by atoms with van der Waals surface area (Å²) in [6.45, 7) is 1.63. The van der Waals surface area contributed by atoms with Crippen LogP contribution >= 0.6 is 0 Å². The van der Waals surface area contributed by atoms with Gasteiger partial charge in [-0.2, -0.15) is 0 Å². The Hall–Kier alpha value is -2.50. The van der Waals surface area contributed by atoms with Crippen LogP contribution in [0.15, 0.2) is 30.5 Å². The highest BCUT2D eigenvalue weighted by atomic mass is 19.1. The molecular formula is C13H13FN2O3. The fourth-order valence-electron chi connectivity index (χ4n) is 1.36. The third-order valence-corrected chi connectivity index (χ3v) is 2.27. The third kappa shape index (κ3) is 3.48. The first-order valence-electron chi connectivity index (χ1n) is 5.49. The van der Waals surface area contributed by atoms with E-state index in [2.05, 4.69) is 4.74 Å². The van der Waals surface area contributed by atoms with E-state index in [1.165, 1.54) is 12.1 Å². The first-order valence-corrected chi connectivity index (χ1v) is 5.49. The number of nitrogens with one attached hydrogen (secondary N) is 1. The Morgan fingerprint density at radius 1 is 1.37 bits per heavy atom. The lowest BCUT2D eigenvalue weighted by Gasteiger charge is -2.07. The number of nitrogens with two attached hydrogens (primary N) is 1. The molecule has 3 N–H and O–H groups in total. The maximum atomic E-state index is 12.8. The fraction of sp³-hybridized carbons (Fsp3) is 0.154. The molecule has 0 aliphatic carbocycles. The number of carbonyl (C=O) groups excluding carboxylic acids is 2. The molecule has 1 aromatic rings. The molecule has 100 valence electrons. The monoisotopic (exact) mass is 264 g/mol. The van der Waals surface area contributed by atoms with E-state index in [1.807, 2.05) is 0 Å². The molecule has 0 aliphatic heterocycles. The number of halogens is 1. The minimum absolute atomic E-state index is 0.0574. The van der Waals surface area contributed by atoms with Gasteiger partial charge in [0, 0.05) is 11.8 Å². The van der Waals surface area contributed by atoms with Gasteiger partial charge in [0.2, 0.25) is 5.78 Å². The van der Waals surface area contributed by atoms with Crippen LogP contribution < -0.4 is 5.73 Å². The topological polar surface area (TPSA) is 93.2 Å². The summed E-state index contributed by atoms with van der Waals surface area (Å²) in [6.07, 6.45) is 0.976. The van der Waals surface area contributed by atoms with Crippen LogP contribution in [-0.4, -0.2) is 24.1 Å². The van der Waals surface area contributed by atoms with Crippen LogP contribution in [0.4, 0.5) is 4.39 Å². The first-order chi connectivity index (χ1) is 9.01. The predicted molar refractivity (Wildman–Crippen MR) is 67.9 cm³/mol. The SMILES string of the molecule is CCOC(=O)C(=N)C(=O)/C(=C\N)c1ccc(F)cc1. The zero-order chi connectivity index (χ0) is 14.4. The van der Waals surface area contributed by atoms with Crippen LogP contribution in [0.5, 0.6) is 0 Å². The molecular weight excluding hydrogens is 251 g/mol. The van der Waals surface area contributed by atoms with E-state index in [9.17, 15) is 14.0 Å². The summed E-state index contributed by atoms with van der Waals surface area (Å²) in [5.74, 6) is -2.35. The van der Waals surface area contributed by atoms with Gasteiger partial charge in [-0.25, -0.2) is 9.18 Å².